The summed E-state index contributed by atoms with van der Waals surface area (Å²) in [6, 6.07) is 12.0. The van der Waals surface area contributed by atoms with Crippen LogP contribution in [0, 0.1) is 24.4 Å². The lowest BCUT2D eigenvalue weighted by atomic mass is 10.2. The van der Waals surface area contributed by atoms with E-state index in [1.54, 1.807) is 12.1 Å². The summed E-state index contributed by atoms with van der Waals surface area (Å²) in [5.41, 5.74) is 1.74. The minimum atomic E-state index is -1.57. The Morgan fingerprint density at radius 1 is 0.962 bits per heavy atom. The predicted octanol–water partition coefficient (Wildman–Crippen LogP) is 4.80. The van der Waals surface area contributed by atoms with Crippen molar-refractivity contribution in [2.45, 2.75) is 6.92 Å². The molecule has 26 heavy (non-hydrogen) atoms. The van der Waals surface area contributed by atoms with E-state index >= 15 is 0 Å². The molecule has 132 valence electrons. The van der Waals surface area contributed by atoms with Gasteiger partial charge in [-0.25, -0.2) is 13.2 Å². The molecule has 3 aromatic rings. The third kappa shape index (κ3) is 3.83. The van der Waals surface area contributed by atoms with Gasteiger partial charge in [-0.05, 0) is 48.9 Å². The van der Waals surface area contributed by atoms with Crippen LogP contribution < -0.4 is 10.6 Å². The molecule has 0 fully saturated rings. The molecule has 1 heterocycles. The fourth-order valence-electron chi connectivity index (χ4n) is 2.33. The zero-order chi connectivity index (χ0) is 18.7. The van der Waals surface area contributed by atoms with Crippen LogP contribution in [0.15, 0.2) is 54.7 Å². The number of carbonyl (C=O) groups excluding carboxylic acids is 1. The molecular weight excluding hydrogens is 343 g/mol. The quantitative estimate of drug-likeness (QED) is 0.659. The monoisotopic (exact) mass is 357 g/mol. The number of aryl methyl sites for hydroxylation is 1. The highest BCUT2D eigenvalue weighted by atomic mass is 19.2. The molecule has 2 N–H and O–H groups in total. The number of benzene rings is 2. The molecule has 4 nitrogen and oxygen atoms in total. The zero-order valence-corrected chi connectivity index (χ0v) is 13.7. The number of anilines is 3. The van der Waals surface area contributed by atoms with Crippen LogP contribution in [0.5, 0.6) is 0 Å². The first-order chi connectivity index (χ1) is 12.4. The number of halogens is 3. The molecular formula is C19H14F3N3O. The van der Waals surface area contributed by atoms with Gasteiger partial charge in [0.25, 0.3) is 5.91 Å². The average molecular weight is 357 g/mol. The molecule has 3 rings (SSSR count). The van der Waals surface area contributed by atoms with Crippen LogP contribution in [0.2, 0.25) is 0 Å². The Morgan fingerprint density at radius 3 is 2.54 bits per heavy atom. The van der Waals surface area contributed by atoms with Crippen LogP contribution in [0.25, 0.3) is 0 Å². The van der Waals surface area contributed by atoms with Gasteiger partial charge in [0.15, 0.2) is 17.5 Å². The van der Waals surface area contributed by atoms with Gasteiger partial charge in [-0.2, -0.15) is 0 Å². The maximum Gasteiger partial charge on any atom is 0.274 e. The van der Waals surface area contributed by atoms with Gasteiger partial charge < -0.3 is 10.6 Å². The van der Waals surface area contributed by atoms with Crippen LogP contribution in [-0.2, 0) is 0 Å². The van der Waals surface area contributed by atoms with E-state index in [1.165, 1.54) is 18.3 Å². The van der Waals surface area contributed by atoms with Crippen LogP contribution in [-0.4, -0.2) is 10.9 Å². The second-order valence-corrected chi connectivity index (χ2v) is 5.60. The lowest BCUT2D eigenvalue weighted by molar-refractivity contribution is 0.102. The van der Waals surface area contributed by atoms with Gasteiger partial charge in [0.2, 0.25) is 0 Å². The topological polar surface area (TPSA) is 54.0 Å². The normalized spacial score (nSPS) is 10.5. The second kappa shape index (κ2) is 7.26. The molecule has 1 aromatic heterocycles. The summed E-state index contributed by atoms with van der Waals surface area (Å²) >= 11 is 0. The lowest BCUT2D eigenvalue weighted by Gasteiger charge is -2.10. The largest absolute Gasteiger partial charge is 0.353 e. The number of nitrogens with one attached hydrogen (secondary N) is 2. The van der Waals surface area contributed by atoms with E-state index in [9.17, 15) is 18.0 Å². The Kier molecular flexibility index (Phi) is 4.88. The number of pyridine rings is 1. The molecule has 7 heteroatoms. The van der Waals surface area contributed by atoms with Crippen LogP contribution in [0.4, 0.5) is 30.2 Å². The van der Waals surface area contributed by atoms with Gasteiger partial charge >= 0.3 is 0 Å². The summed E-state index contributed by atoms with van der Waals surface area (Å²) in [5, 5.41) is 5.31. The molecule has 0 aliphatic heterocycles. The third-order valence-corrected chi connectivity index (χ3v) is 3.58. The number of hydrogen-bond donors (Lipinski definition) is 2. The number of nitrogens with zero attached hydrogens (tertiary/aromatic N) is 1. The fourth-order valence-corrected chi connectivity index (χ4v) is 2.33. The standard InChI is InChI=1S/C19H14F3N3O/c1-11-3-2-4-12(9-11)25-19(26)16-10-13(7-8-23-16)24-15-6-5-14(20)17(21)18(15)22/h2-10H,1H3,(H,23,24)(H,25,26). The van der Waals surface area contributed by atoms with Gasteiger partial charge in [0.1, 0.15) is 5.69 Å². The van der Waals surface area contributed by atoms with E-state index in [-0.39, 0.29) is 11.4 Å². The van der Waals surface area contributed by atoms with Gasteiger partial charge in [-0.15, -0.1) is 0 Å². The summed E-state index contributed by atoms with van der Waals surface area (Å²) in [5.74, 6) is -4.64. The van der Waals surface area contributed by atoms with Crippen molar-refractivity contribution in [2.24, 2.45) is 0 Å². The fraction of sp³-hybridized carbons (Fsp3) is 0.0526. The maximum atomic E-state index is 13.8. The van der Waals surface area contributed by atoms with Crippen molar-refractivity contribution < 1.29 is 18.0 Å². The molecule has 2 aromatic carbocycles. The van der Waals surface area contributed by atoms with E-state index in [1.807, 2.05) is 19.1 Å². The van der Waals surface area contributed by atoms with E-state index in [4.69, 9.17) is 0 Å². The zero-order valence-electron chi connectivity index (χ0n) is 13.7. The van der Waals surface area contributed by atoms with Crippen molar-refractivity contribution in [2.75, 3.05) is 10.6 Å². The number of carbonyl (C=O) groups is 1. The Labute approximate surface area is 147 Å². The SMILES string of the molecule is Cc1cccc(NC(=O)c2cc(Nc3ccc(F)c(F)c3F)ccn2)c1. The molecule has 0 aliphatic carbocycles. The predicted molar refractivity (Wildman–Crippen MR) is 93.0 cm³/mol. The summed E-state index contributed by atoms with van der Waals surface area (Å²) < 4.78 is 40.1. The number of aromatic nitrogens is 1. The first-order valence-electron chi connectivity index (χ1n) is 7.68. The first-order valence-corrected chi connectivity index (χ1v) is 7.68. The van der Waals surface area contributed by atoms with E-state index in [0.29, 0.717) is 11.4 Å². The van der Waals surface area contributed by atoms with E-state index in [0.717, 1.165) is 17.7 Å². The van der Waals surface area contributed by atoms with Gasteiger partial charge in [0, 0.05) is 17.6 Å². The van der Waals surface area contributed by atoms with Gasteiger partial charge in [-0.3, -0.25) is 9.78 Å². The van der Waals surface area contributed by atoms with Crippen LogP contribution in [0.3, 0.4) is 0 Å². The number of hydrogen-bond acceptors (Lipinski definition) is 3. The van der Waals surface area contributed by atoms with Crippen molar-refractivity contribution in [1.29, 1.82) is 0 Å². The summed E-state index contributed by atoms with van der Waals surface area (Å²) in [7, 11) is 0. The molecule has 0 aliphatic rings. The molecule has 0 radical (unpaired) electrons. The average Bonchev–Trinajstić information content (AvgIpc) is 2.62. The summed E-state index contributed by atoms with van der Waals surface area (Å²) in [6.45, 7) is 1.90. The number of rotatable bonds is 4. The minimum absolute atomic E-state index is 0.0829. The molecule has 0 saturated carbocycles. The highest BCUT2D eigenvalue weighted by molar-refractivity contribution is 6.03. The van der Waals surface area contributed by atoms with Crippen LogP contribution >= 0.6 is 0 Å². The van der Waals surface area contributed by atoms with Crippen molar-refractivity contribution >= 4 is 23.0 Å². The highest BCUT2D eigenvalue weighted by Crippen LogP contribution is 2.24. The first kappa shape index (κ1) is 17.5. The second-order valence-electron chi connectivity index (χ2n) is 5.60. The Bertz CT molecular complexity index is 976. The van der Waals surface area contributed by atoms with E-state index < -0.39 is 23.4 Å². The third-order valence-electron chi connectivity index (χ3n) is 3.58. The Morgan fingerprint density at radius 2 is 1.77 bits per heavy atom. The number of amides is 1. The van der Waals surface area contributed by atoms with E-state index in [2.05, 4.69) is 15.6 Å². The molecule has 0 bridgehead atoms. The smallest absolute Gasteiger partial charge is 0.274 e. The highest BCUT2D eigenvalue weighted by Gasteiger charge is 2.14. The van der Waals surface area contributed by atoms with Gasteiger partial charge in [-0.1, -0.05) is 12.1 Å². The van der Waals surface area contributed by atoms with Crippen LogP contribution in [0.1, 0.15) is 16.1 Å². The Balaban J connectivity index is 1.80. The van der Waals surface area contributed by atoms with Crippen molar-refractivity contribution in [3.8, 4) is 0 Å². The van der Waals surface area contributed by atoms with Crippen molar-refractivity contribution in [3.05, 3.63) is 83.4 Å². The molecule has 0 saturated heterocycles. The van der Waals surface area contributed by atoms with Crippen molar-refractivity contribution in [3.63, 3.8) is 0 Å². The molecule has 0 spiro atoms. The molecule has 0 atom stereocenters. The summed E-state index contributed by atoms with van der Waals surface area (Å²) in [6.07, 6.45) is 1.35. The molecule has 0 unspecified atom stereocenters. The maximum absolute atomic E-state index is 13.8. The van der Waals surface area contributed by atoms with Gasteiger partial charge in [0.05, 0.1) is 5.69 Å². The minimum Gasteiger partial charge on any atom is -0.353 e. The Hall–Kier alpha value is -3.35. The lowest BCUT2D eigenvalue weighted by Crippen LogP contribution is -2.14. The molecule has 1 amide bonds. The van der Waals surface area contributed by atoms with Crippen molar-refractivity contribution in [1.82, 2.24) is 4.98 Å². The summed E-state index contributed by atoms with van der Waals surface area (Å²) in [4.78, 5) is 16.3.